The normalized spacial score (nSPS) is 23.7. The Morgan fingerprint density at radius 3 is 2.15 bits per heavy atom. The van der Waals surface area contributed by atoms with Crippen molar-refractivity contribution in [1.82, 2.24) is 20.9 Å². The number of likely N-dealkylation sites (tertiary alicyclic amines) is 1. The van der Waals surface area contributed by atoms with Crippen LogP contribution in [0.3, 0.4) is 0 Å². The third-order valence-electron chi connectivity index (χ3n) is 10.1. The predicted octanol–water partition coefficient (Wildman–Crippen LogP) is 2.16. The molecule has 12 nitrogen and oxygen atoms in total. The number of ketones is 1. The molecule has 0 bridgehead atoms. The van der Waals surface area contributed by atoms with E-state index in [-0.39, 0.29) is 40.6 Å². The summed E-state index contributed by atoms with van der Waals surface area (Å²) in [6.07, 6.45) is 2.12. The number of nitrogens with zero attached hydrogens (tertiary/aromatic N) is 1. The summed E-state index contributed by atoms with van der Waals surface area (Å²) >= 11 is 0. The topological polar surface area (TPSA) is 185 Å². The Bertz CT molecular complexity index is 1480. The molecule has 0 spiro atoms. The van der Waals surface area contributed by atoms with Crippen LogP contribution in [0.25, 0.3) is 0 Å². The highest BCUT2D eigenvalue weighted by molar-refractivity contribution is 7.90. The Kier molecular flexibility index (Phi) is 10.5. The number of piperidine rings is 1. The Labute approximate surface area is 278 Å². The van der Waals surface area contributed by atoms with Crippen molar-refractivity contribution in [2.75, 3.05) is 12.3 Å². The average molecular weight is 674 g/mol. The monoisotopic (exact) mass is 673 g/mol. The second kappa shape index (κ2) is 13.6. The number of Topliss-reactive ketones (excluding diaryl/α,β-unsaturated/α-hetero) is 1. The molecule has 1 saturated heterocycles. The molecule has 260 valence electrons. The number of carbonyl (C=O) groups excluding carboxylic acids is 5. The number of hydrogen-bond acceptors (Lipinski definition) is 7. The van der Waals surface area contributed by atoms with E-state index >= 15 is 0 Å². The van der Waals surface area contributed by atoms with Crippen LogP contribution in [0, 0.1) is 34.5 Å². The number of hydrogen-bond donors (Lipinski definition) is 4. The van der Waals surface area contributed by atoms with E-state index in [1.54, 1.807) is 45.0 Å². The van der Waals surface area contributed by atoms with Gasteiger partial charge >= 0.3 is 6.03 Å². The van der Waals surface area contributed by atoms with E-state index in [2.05, 4.69) is 16.0 Å². The van der Waals surface area contributed by atoms with E-state index in [0.29, 0.717) is 18.5 Å². The minimum atomic E-state index is -3.58. The van der Waals surface area contributed by atoms with Gasteiger partial charge in [0.1, 0.15) is 12.1 Å². The molecule has 1 aromatic carbocycles. The Hall–Kier alpha value is -3.48. The molecule has 0 aromatic heterocycles. The second-order valence-corrected chi connectivity index (χ2v) is 17.8. The Morgan fingerprint density at radius 2 is 1.62 bits per heavy atom. The molecular formula is C34H51N5O7S. The predicted molar refractivity (Wildman–Crippen MR) is 177 cm³/mol. The number of nitrogens with one attached hydrogen (secondary N) is 3. The number of rotatable bonds is 14. The maximum Gasteiger partial charge on any atom is 0.315 e. The summed E-state index contributed by atoms with van der Waals surface area (Å²) in [5.74, 6) is -3.48. The highest BCUT2D eigenvalue weighted by Crippen LogP contribution is 2.65. The van der Waals surface area contributed by atoms with Gasteiger partial charge in [-0.15, -0.1) is 0 Å². The quantitative estimate of drug-likeness (QED) is 0.218. The molecule has 2 saturated carbocycles. The number of urea groups is 1. The highest BCUT2D eigenvalue weighted by atomic mass is 32.2. The van der Waals surface area contributed by atoms with Crippen LogP contribution in [0.15, 0.2) is 30.3 Å². The van der Waals surface area contributed by atoms with Gasteiger partial charge < -0.3 is 26.6 Å². The van der Waals surface area contributed by atoms with Gasteiger partial charge in [0, 0.05) is 12.6 Å². The van der Waals surface area contributed by atoms with Crippen molar-refractivity contribution in [1.29, 1.82) is 0 Å². The summed E-state index contributed by atoms with van der Waals surface area (Å²) in [7, 11) is -3.58. The van der Waals surface area contributed by atoms with Crippen LogP contribution >= 0.6 is 0 Å². The molecule has 1 heterocycles. The van der Waals surface area contributed by atoms with Gasteiger partial charge in [-0.2, -0.15) is 0 Å². The van der Waals surface area contributed by atoms with Crippen LogP contribution in [-0.2, 0) is 34.8 Å². The molecule has 1 aliphatic heterocycles. The fourth-order valence-electron chi connectivity index (χ4n) is 6.88. The summed E-state index contributed by atoms with van der Waals surface area (Å²) in [6, 6.07) is 4.41. The van der Waals surface area contributed by atoms with Gasteiger partial charge in [0.25, 0.3) is 5.91 Å². The molecule has 2 aliphatic carbocycles. The number of amides is 5. The maximum atomic E-state index is 14.3. The van der Waals surface area contributed by atoms with Crippen LogP contribution in [0.2, 0.25) is 0 Å². The number of benzene rings is 1. The van der Waals surface area contributed by atoms with Crippen LogP contribution < -0.4 is 21.7 Å². The second-order valence-electron chi connectivity index (χ2n) is 15.7. The van der Waals surface area contributed by atoms with Gasteiger partial charge in [0.15, 0.2) is 9.84 Å². The Morgan fingerprint density at radius 1 is 1.00 bits per heavy atom. The summed E-state index contributed by atoms with van der Waals surface area (Å²) in [5.41, 5.74) is 4.95. The SMILES string of the molecule is CC(C)[C@@H](CS(=O)(=O)Cc1ccccc1)NC(=O)N[C@H](C(=O)N1CC2C(C1C(=O)NC(CC1CC1)C(=O)C(N)=O)C2(C)C)C(C)(C)C. The number of primary amides is 1. The first kappa shape index (κ1) is 36.4. The molecule has 0 radical (unpaired) electrons. The average Bonchev–Trinajstić information content (AvgIpc) is 3.81. The van der Waals surface area contributed by atoms with Gasteiger partial charge in [-0.05, 0) is 46.5 Å². The first-order chi connectivity index (χ1) is 21.7. The van der Waals surface area contributed by atoms with E-state index < -0.39 is 69.0 Å². The molecule has 47 heavy (non-hydrogen) atoms. The third-order valence-corrected chi connectivity index (χ3v) is 11.7. The fraction of sp³-hybridized carbons (Fsp3) is 0.676. The van der Waals surface area contributed by atoms with E-state index in [4.69, 9.17) is 5.73 Å². The highest BCUT2D eigenvalue weighted by Gasteiger charge is 2.70. The van der Waals surface area contributed by atoms with E-state index in [1.165, 1.54) is 4.90 Å². The van der Waals surface area contributed by atoms with Gasteiger partial charge in [0.2, 0.25) is 17.6 Å². The molecular weight excluding hydrogens is 622 g/mol. The van der Waals surface area contributed by atoms with Crippen LogP contribution in [0.5, 0.6) is 0 Å². The van der Waals surface area contributed by atoms with Crippen molar-refractivity contribution in [3.63, 3.8) is 0 Å². The summed E-state index contributed by atoms with van der Waals surface area (Å²) in [6.45, 7) is 13.4. The fourth-order valence-corrected chi connectivity index (χ4v) is 8.71. The van der Waals surface area contributed by atoms with Crippen LogP contribution in [-0.4, -0.2) is 79.3 Å². The summed E-state index contributed by atoms with van der Waals surface area (Å²) < 4.78 is 26.1. The number of nitrogens with two attached hydrogens (primary N) is 1. The number of fused-ring (bicyclic) bond motifs is 1. The molecule has 13 heteroatoms. The van der Waals surface area contributed by atoms with Gasteiger partial charge in [-0.25, -0.2) is 13.2 Å². The molecule has 6 atom stereocenters. The first-order valence-corrected chi connectivity index (χ1v) is 18.3. The zero-order valence-corrected chi connectivity index (χ0v) is 29.4. The minimum absolute atomic E-state index is 0.0468. The largest absolute Gasteiger partial charge is 0.363 e. The zero-order chi connectivity index (χ0) is 35.1. The van der Waals surface area contributed by atoms with Gasteiger partial charge in [0.05, 0.1) is 17.5 Å². The van der Waals surface area contributed by atoms with Crippen molar-refractivity contribution in [2.45, 2.75) is 97.6 Å². The molecule has 4 rings (SSSR count). The van der Waals surface area contributed by atoms with Crippen molar-refractivity contribution in [3.8, 4) is 0 Å². The van der Waals surface area contributed by atoms with Gasteiger partial charge in [-0.1, -0.05) is 91.6 Å². The van der Waals surface area contributed by atoms with Gasteiger partial charge in [-0.3, -0.25) is 19.2 Å². The van der Waals surface area contributed by atoms with Crippen molar-refractivity contribution < 1.29 is 32.4 Å². The lowest BCUT2D eigenvalue weighted by Gasteiger charge is -2.38. The lowest BCUT2D eigenvalue weighted by Crippen LogP contribution is -2.62. The Balaban J connectivity index is 1.49. The lowest BCUT2D eigenvalue weighted by molar-refractivity contribution is -0.145. The number of sulfone groups is 1. The molecule has 1 aromatic rings. The van der Waals surface area contributed by atoms with E-state index in [9.17, 15) is 32.4 Å². The van der Waals surface area contributed by atoms with Crippen LogP contribution in [0.1, 0.15) is 73.3 Å². The smallest absolute Gasteiger partial charge is 0.315 e. The van der Waals surface area contributed by atoms with Crippen molar-refractivity contribution in [2.24, 2.45) is 40.2 Å². The van der Waals surface area contributed by atoms with E-state index in [0.717, 1.165) is 12.8 Å². The first-order valence-electron chi connectivity index (χ1n) is 16.5. The van der Waals surface area contributed by atoms with E-state index in [1.807, 2.05) is 33.8 Å². The lowest BCUT2D eigenvalue weighted by atomic mass is 9.85. The van der Waals surface area contributed by atoms with Crippen LogP contribution in [0.4, 0.5) is 4.79 Å². The van der Waals surface area contributed by atoms with Crippen molar-refractivity contribution in [3.05, 3.63) is 35.9 Å². The summed E-state index contributed by atoms with van der Waals surface area (Å²) in [4.78, 5) is 67.3. The standard InChI is InChI=1S/C34H51N5O7S/c1-19(2)24(18-47(45,46)17-21-11-9-8-10-12-21)37-32(44)38-28(33(3,4)5)31(43)39-16-22-25(34(22,6)7)26(39)30(42)36-23(15-20-13-14-20)27(40)29(35)41/h8-12,19-20,22-26,28H,13-18H2,1-7H3,(H2,35,41)(H,36,42)(H2,37,38,44)/t22?,23?,24-,25?,26?,28-/m1/s1. The molecule has 3 fully saturated rings. The van der Waals surface area contributed by atoms with Crippen molar-refractivity contribution >= 4 is 39.4 Å². The third kappa shape index (κ3) is 8.71. The molecule has 3 aliphatic rings. The minimum Gasteiger partial charge on any atom is -0.363 e. The zero-order valence-electron chi connectivity index (χ0n) is 28.5. The maximum absolute atomic E-state index is 14.3. The molecule has 4 unspecified atom stereocenters. The number of carbonyl (C=O) groups is 5. The molecule has 5 amide bonds. The summed E-state index contributed by atoms with van der Waals surface area (Å²) in [5, 5.41) is 8.32. The molecule has 5 N–H and O–H groups in total.